The van der Waals surface area contributed by atoms with E-state index in [0.29, 0.717) is 0 Å². The number of rotatable bonds is 7. The molecule has 0 saturated carbocycles. The first kappa shape index (κ1) is 23.9. The van der Waals surface area contributed by atoms with E-state index in [1.807, 2.05) is 48.5 Å². The summed E-state index contributed by atoms with van der Waals surface area (Å²) in [4.78, 5) is 36.5. The lowest BCUT2D eigenvalue weighted by molar-refractivity contribution is -0.143. The molecule has 180 valence electrons. The number of ether oxygens (including phenoxy) is 1. The zero-order chi connectivity index (χ0) is 25.2. The van der Waals surface area contributed by atoms with Gasteiger partial charge in [0.05, 0.1) is 11.3 Å². The van der Waals surface area contributed by atoms with Crippen LogP contribution in [0.4, 0.5) is 14.9 Å². The SMILES string of the molecule is CCC(C)(NC(=O)c1cccc(NC(=O)OCC2c3ccccc3-c3ccccc32)c1F)C(=O)O. The summed E-state index contributed by atoms with van der Waals surface area (Å²) in [5.41, 5.74) is 2.07. The number of amides is 2. The molecule has 3 aromatic rings. The van der Waals surface area contributed by atoms with Crippen LogP contribution in [0, 0.1) is 5.82 Å². The fraction of sp³-hybridized carbons (Fsp3) is 0.222. The van der Waals surface area contributed by atoms with E-state index in [1.165, 1.54) is 25.1 Å². The van der Waals surface area contributed by atoms with Crippen LogP contribution < -0.4 is 10.6 Å². The standard InChI is InChI=1S/C27H25FN2O5/c1-3-27(2,25(32)33)30-24(31)20-13-8-14-22(23(20)28)29-26(34)35-15-21-18-11-6-4-9-16(18)17-10-5-7-12-19(17)21/h4-14,21H,3,15H2,1-2H3,(H,29,34)(H,30,31)(H,32,33). The number of carboxylic acid groups (broad SMARTS) is 1. The molecule has 0 fully saturated rings. The van der Waals surface area contributed by atoms with Gasteiger partial charge in [0, 0.05) is 5.92 Å². The smallest absolute Gasteiger partial charge is 0.411 e. The van der Waals surface area contributed by atoms with E-state index < -0.39 is 29.3 Å². The molecule has 0 heterocycles. The van der Waals surface area contributed by atoms with Crippen molar-refractivity contribution in [3.63, 3.8) is 0 Å². The molecule has 0 saturated heterocycles. The first-order chi connectivity index (χ1) is 16.7. The maximum absolute atomic E-state index is 15.0. The van der Waals surface area contributed by atoms with Crippen LogP contribution in [0.2, 0.25) is 0 Å². The monoisotopic (exact) mass is 476 g/mol. The zero-order valence-electron chi connectivity index (χ0n) is 19.3. The molecule has 0 aliphatic heterocycles. The Kier molecular flexibility index (Phi) is 6.55. The van der Waals surface area contributed by atoms with Gasteiger partial charge in [0.1, 0.15) is 12.1 Å². The molecule has 3 N–H and O–H groups in total. The van der Waals surface area contributed by atoms with E-state index in [4.69, 9.17) is 4.74 Å². The van der Waals surface area contributed by atoms with Crippen molar-refractivity contribution in [1.29, 1.82) is 0 Å². The van der Waals surface area contributed by atoms with Gasteiger partial charge in [0.2, 0.25) is 0 Å². The average molecular weight is 477 g/mol. The number of fused-ring (bicyclic) bond motifs is 3. The van der Waals surface area contributed by atoms with Crippen LogP contribution in [-0.4, -0.2) is 35.2 Å². The third-order valence-corrected chi connectivity index (χ3v) is 6.39. The Morgan fingerprint density at radius 1 is 0.971 bits per heavy atom. The summed E-state index contributed by atoms with van der Waals surface area (Å²) >= 11 is 0. The molecule has 3 aromatic carbocycles. The molecule has 0 spiro atoms. The van der Waals surface area contributed by atoms with Gasteiger partial charge in [-0.3, -0.25) is 10.1 Å². The topological polar surface area (TPSA) is 105 Å². The maximum Gasteiger partial charge on any atom is 0.411 e. The highest BCUT2D eigenvalue weighted by Crippen LogP contribution is 2.44. The second kappa shape index (κ2) is 9.58. The summed E-state index contributed by atoms with van der Waals surface area (Å²) in [5.74, 6) is -3.27. The summed E-state index contributed by atoms with van der Waals surface area (Å²) in [6.45, 7) is 2.99. The molecule has 4 rings (SSSR count). The molecule has 0 radical (unpaired) electrons. The van der Waals surface area contributed by atoms with Gasteiger partial charge in [-0.15, -0.1) is 0 Å². The number of nitrogens with one attached hydrogen (secondary N) is 2. The summed E-state index contributed by atoms with van der Waals surface area (Å²) in [6, 6.07) is 19.7. The Hall–Kier alpha value is -4.20. The highest BCUT2D eigenvalue weighted by Gasteiger charge is 2.34. The predicted octanol–water partition coefficient (Wildman–Crippen LogP) is 5.17. The van der Waals surface area contributed by atoms with Crippen LogP contribution in [0.5, 0.6) is 0 Å². The predicted molar refractivity (Wildman–Crippen MR) is 129 cm³/mol. The van der Waals surface area contributed by atoms with Crippen LogP contribution in [0.3, 0.4) is 0 Å². The number of aliphatic carboxylic acids is 1. The van der Waals surface area contributed by atoms with Crippen LogP contribution in [-0.2, 0) is 9.53 Å². The van der Waals surface area contributed by atoms with Crippen molar-refractivity contribution >= 4 is 23.7 Å². The summed E-state index contributed by atoms with van der Waals surface area (Å²) < 4.78 is 20.5. The first-order valence-corrected chi connectivity index (χ1v) is 11.2. The summed E-state index contributed by atoms with van der Waals surface area (Å²) in [6.07, 6.45) is -0.764. The van der Waals surface area contributed by atoms with Crippen LogP contribution >= 0.6 is 0 Å². The lowest BCUT2D eigenvalue weighted by Crippen LogP contribution is -2.51. The molecule has 1 atom stereocenters. The summed E-state index contributed by atoms with van der Waals surface area (Å²) in [5, 5.41) is 14.0. The number of carboxylic acids is 1. The number of carbonyl (C=O) groups excluding carboxylic acids is 2. The average Bonchev–Trinajstić information content (AvgIpc) is 3.17. The van der Waals surface area contributed by atoms with Crippen molar-refractivity contribution in [2.45, 2.75) is 31.7 Å². The van der Waals surface area contributed by atoms with Crippen LogP contribution in [0.25, 0.3) is 11.1 Å². The Morgan fingerprint density at radius 2 is 1.57 bits per heavy atom. The van der Waals surface area contributed by atoms with Crippen molar-refractivity contribution in [2.24, 2.45) is 0 Å². The quantitative estimate of drug-likeness (QED) is 0.436. The van der Waals surface area contributed by atoms with Gasteiger partial charge in [-0.2, -0.15) is 0 Å². The van der Waals surface area contributed by atoms with Gasteiger partial charge in [-0.05, 0) is 47.7 Å². The molecule has 0 bridgehead atoms. The van der Waals surface area contributed by atoms with Gasteiger partial charge in [-0.25, -0.2) is 14.0 Å². The van der Waals surface area contributed by atoms with E-state index in [2.05, 4.69) is 10.6 Å². The fourth-order valence-electron chi connectivity index (χ4n) is 4.16. The molecule has 35 heavy (non-hydrogen) atoms. The highest BCUT2D eigenvalue weighted by atomic mass is 19.1. The zero-order valence-corrected chi connectivity index (χ0v) is 19.3. The minimum atomic E-state index is -1.56. The Morgan fingerprint density at radius 3 is 2.14 bits per heavy atom. The number of benzene rings is 3. The van der Waals surface area contributed by atoms with E-state index in [1.54, 1.807) is 6.92 Å². The van der Waals surface area contributed by atoms with Gasteiger partial charge in [0.15, 0.2) is 5.82 Å². The maximum atomic E-state index is 15.0. The second-order valence-corrected chi connectivity index (χ2v) is 8.56. The van der Waals surface area contributed by atoms with Crippen molar-refractivity contribution in [3.8, 4) is 11.1 Å². The van der Waals surface area contributed by atoms with Crippen LogP contribution in [0.15, 0.2) is 66.7 Å². The molecule has 1 aliphatic rings. The number of halogens is 1. The molecular formula is C27H25FN2O5. The van der Waals surface area contributed by atoms with Crippen molar-refractivity contribution in [2.75, 3.05) is 11.9 Å². The Labute approximate surface area is 201 Å². The largest absolute Gasteiger partial charge is 0.480 e. The van der Waals surface area contributed by atoms with Gasteiger partial charge in [0.25, 0.3) is 5.91 Å². The van der Waals surface area contributed by atoms with Crippen molar-refractivity contribution < 1.29 is 28.6 Å². The van der Waals surface area contributed by atoms with E-state index in [-0.39, 0.29) is 30.2 Å². The molecule has 1 aliphatic carbocycles. The number of hydrogen-bond acceptors (Lipinski definition) is 4. The molecule has 7 nitrogen and oxygen atoms in total. The minimum absolute atomic E-state index is 0.0507. The molecule has 0 aromatic heterocycles. The Bertz CT molecular complexity index is 1260. The molecule has 2 amide bonds. The lowest BCUT2D eigenvalue weighted by atomic mass is 9.98. The van der Waals surface area contributed by atoms with E-state index >= 15 is 4.39 Å². The van der Waals surface area contributed by atoms with Crippen LogP contribution in [0.1, 0.15) is 47.7 Å². The number of carbonyl (C=O) groups is 3. The first-order valence-electron chi connectivity index (χ1n) is 11.2. The van der Waals surface area contributed by atoms with Gasteiger partial charge < -0.3 is 15.2 Å². The van der Waals surface area contributed by atoms with Crippen molar-refractivity contribution in [1.82, 2.24) is 5.32 Å². The molecule has 1 unspecified atom stereocenters. The number of hydrogen-bond donors (Lipinski definition) is 3. The van der Waals surface area contributed by atoms with E-state index in [9.17, 15) is 19.5 Å². The van der Waals surface area contributed by atoms with E-state index in [0.717, 1.165) is 22.3 Å². The molecular weight excluding hydrogens is 451 g/mol. The minimum Gasteiger partial charge on any atom is -0.480 e. The fourth-order valence-corrected chi connectivity index (χ4v) is 4.16. The van der Waals surface area contributed by atoms with Crippen molar-refractivity contribution in [3.05, 3.63) is 89.2 Å². The third-order valence-electron chi connectivity index (χ3n) is 6.39. The number of anilines is 1. The highest BCUT2D eigenvalue weighted by molar-refractivity contribution is 5.99. The second-order valence-electron chi connectivity index (χ2n) is 8.56. The van der Waals surface area contributed by atoms with Gasteiger partial charge in [-0.1, -0.05) is 61.5 Å². The normalized spacial score (nSPS) is 13.8. The Balaban J connectivity index is 1.46. The third kappa shape index (κ3) is 4.59. The van der Waals surface area contributed by atoms with Gasteiger partial charge >= 0.3 is 12.1 Å². The lowest BCUT2D eigenvalue weighted by Gasteiger charge is -2.24. The summed E-state index contributed by atoms with van der Waals surface area (Å²) in [7, 11) is 0. The molecule has 8 heteroatoms.